The van der Waals surface area contributed by atoms with Gasteiger partial charge in [-0.1, -0.05) is 17.9 Å². The molecule has 1 aliphatic heterocycles. The Kier molecular flexibility index (Phi) is 10.5. The van der Waals surface area contributed by atoms with Crippen LogP contribution in [0.25, 0.3) is 0 Å². The fourth-order valence-corrected chi connectivity index (χ4v) is 3.79. The van der Waals surface area contributed by atoms with Crippen molar-refractivity contribution in [2.24, 2.45) is 0 Å². The van der Waals surface area contributed by atoms with Crippen molar-refractivity contribution in [1.29, 1.82) is 0 Å². The van der Waals surface area contributed by atoms with E-state index in [2.05, 4.69) is 37.8 Å². The second-order valence-electron chi connectivity index (χ2n) is 9.04. The first-order valence-electron chi connectivity index (χ1n) is 12.4. The number of benzene rings is 1. The average molecular weight is 526 g/mol. The van der Waals surface area contributed by atoms with Crippen LogP contribution in [0.3, 0.4) is 0 Å². The van der Waals surface area contributed by atoms with Crippen molar-refractivity contribution in [2.45, 2.75) is 31.5 Å². The molecule has 0 unspecified atom stereocenters. The predicted octanol–water partition coefficient (Wildman–Crippen LogP) is 2.71. The van der Waals surface area contributed by atoms with Crippen LogP contribution < -0.4 is 16.0 Å². The lowest BCUT2D eigenvalue weighted by atomic mass is 10.2. The largest absolute Gasteiger partial charge is 0.372 e. The highest BCUT2D eigenvalue weighted by molar-refractivity contribution is 5.93. The Morgan fingerprint density at radius 2 is 2.03 bits per heavy atom. The van der Waals surface area contributed by atoms with Crippen molar-refractivity contribution in [2.75, 3.05) is 51.4 Å². The van der Waals surface area contributed by atoms with E-state index in [9.17, 15) is 18.4 Å². The van der Waals surface area contributed by atoms with Crippen molar-refractivity contribution in [3.63, 3.8) is 0 Å². The van der Waals surface area contributed by atoms with Gasteiger partial charge in [-0.15, -0.1) is 0 Å². The van der Waals surface area contributed by atoms with Crippen LogP contribution in [-0.2, 0) is 9.59 Å². The Labute approximate surface area is 221 Å². The molecule has 202 valence electrons. The second-order valence-corrected chi connectivity index (χ2v) is 9.04. The minimum absolute atomic E-state index is 0.00228. The summed E-state index contributed by atoms with van der Waals surface area (Å²) in [6.07, 6.45) is 4.54. The van der Waals surface area contributed by atoms with Gasteiger partial charge in [0, 0.05) is 44.7 Å². The van der Waals surface area contributed by atoms with Gasteiger partial charge in [0.15, 0.2) is 0 Å². The zero-order valence-electron chi connectivity index (χ0n) is 21.8. The van der Waals surface area contributed by atoms with Gasteiger partial charge in [0.25, 0.3) is 0 Å². The van der Waals surface area contributed by atoms with E-state index in [4.69, 9.17) is 0 Å². The Bertz CT molecular complexity index is 1190. The molecule has 2 aromatic rings. The van der Waals surface area contributed by atoms with E-state index >= 15 is 0 Å². The quantitative estimate of drug-likeness (QED) is 0.249. The molecule has 0 aliphatic carbocycles. The number of likely N-dealkylation sites (N-methyl/N-ethyl adjacent to an activating group) is 1. The number of unbranched alkanes of at least 4 members (excludes halogenated alkanes) is 1. The summed E-state index contributed by atoms with van der Waals surface area (Å²) in [6.45, 7) is 0.855. The van der Waals surface area contributed by atoms with E-state index in [1.807, 2.05) is 19.0 Å². The van der Waals surface area contributed by atoms with Gasteiger partial charge in [-0.3, -0.25) is 9.59 Å². The highest BCUT2D eigenvalue weighted by Crippen LogP contribution is 2.21. The smallest absolute Gasteiger partial charge is 0.247 e. The standard InChI is InChI=1S/C27H33F2N7O2/c1-30-25-19(17-32-27(34-25)33-22-12-10-20(28)11-13-22)8-5-4-6-14-31-26(38)23-16-21(29)18-36(23)24(37)9-7-15-35(2)3/h7,9-13,17,21,23H,4,6,14-16,18H2,1-3H3,(H,31,38)(H2,30,32,33,34)/t21-,23-/m0/s1. The summed E-state index contributed by atoms with van der Waals surface area (Å²) < 4.78 is 27.1. The zero-order valence-corrected chi connectivity index (χ0v) is 21.8. The molecule has 0 bridgehead atoms. The first kappa shape index (κ1) is 28.5. The van der Waals surface area contributed by atoms with Crippen LogP contribution in [0, 0.1) is 17.7 Å². The Morgan fingerprint density at radius 1 is 1.26 bits per heavy atom. The molecule has 2 amide bonds. The van der Waals surface area contributed by atoms with E-state index in [0.29, 0.717) is 48.9 Å². The zero-order chi connectivity index (χ0) is 27.5. The van der Waals surface area contributed by atoms with Gasteiger partial charge in [-0.05, 0) is 44.8 Å². The molecule has 3 rings (SSSR count). The maximum Gasteiger partial charge on any atom is 0.247 e. The third-order valence-corrected chi connectivity index (χ3v) is 5.69. The summed E-state index contributed by atoms with van der Waals surface area (Å²) >= 11 is 0. The van der Waals surface area contributed by atoms with Crippen molar-refractivity contribution in [3.05, 3.63) is 54.0 Å². The maximum atomic E-state index is 14.0. The summed E-state index contributed by atoms with van der Waals surface area (Å²) in [6, 6.07) is 5.05. The van der Waals surface area contributed by atoms with Gasteiger partial charge in [-0.2, -0.15) is 4.98 Å². The van der Waals surface area contributed by atoms with Gasteiger partial charge in [0.05, 0.1) is 18.3 Å². The Hall–Kier alpha value is -4.04. The van der Waals surface area contributed by atoms with Crippen LogP contribution in [0.15, 0.2) is 42.6 Å². The molecule has 1 aromatic carbocycles. The number of likely N-dealkylation sites (tertiary alicyclic amines) is 1. The summed E-state index contributed by atoms with van der Waals surface area (Å²) in [5.74, 6) is 5.90. The number of carbonyl (C=O) groups excluding carboxylic acids is 2. The van der Waals surface area contributed by atoms with E-state index < -0.39 is 12.2 Å². The number of anilines is 3. The Balaban J connectivity index is 1.47. The lowest BCUT2D eigenvalue weighted by Gasteiger charge is -2.22. The number of carbonyl (C=O) groups is 2. The van der Waals surface area contributed by atoms with E-state index in [0.717, 1.165) is 0 Å². The normalized spacial score (nSPS) is 16.8. The summed E-state index contributed by atoms with van der Waals surface area (Å²) in [4.78, 5) is 36.9. The molecule has 1 fully saturated rings. The second kappa shape index (κ2) is 14.0. The van der Waals surface area contributed by atoms with Gasteiger partial charge < -0.3 is 25.8 Å². The highest BCUT2D eigenvalue weighted by atomic mass is 19.1. The number of hydrogen-bond donors (Lipinski definition) is 3. The fourth-order valence-electron chi connectivity index (χ4n) is 3.79. The van der Waals surface area contributed by atoms with E-state index in [1.165, 1.54) is 23.1 Å². The number of halogens is 2. The molecule has 9 nitrogen and oxygen atoms in total. The minimum Gasteiger partial charge on any atom is -0.372 e. The number of amides is 2. The first-order chi connectivity index (χ1) is 18.3. The van der Waals surface area contributed by atoms with Crippen LogP contribution in [-0.4, -0.2) is 84.6 Å². The summed E-state index contributed by atoms with van der Waals surface area (Å²) in [5.41, 5.74) is 1.26. The van der Waals surface area contributed by atoms with E-state index in [1.54, 1.807) is 31.5 Å². The minimum atomic E-state index is -1.22. The van der Waals surface area contributed by atoms with Gasteiger partial charge >= 0.3 is 0 Å². The number of rotatable bonds is 10. The fraction of sp³-hybridized carbons (Fsp3) is 0.407. The first-order valence-corrected chi connectivity index (χ1v) is 12.4. The van der Waals surface area contributed by atoms with E-state index in [-0.39, 0.29) is 30.6 Å². The molecule has 3 N–H and O–H groups in total. The highest BCUT2D eigenvalue weighted by Gasteiger charge is 2.38. The molecule has 1 aliphatic rings. The molecule has 2 heterocycles. The average Bonchev–Trinajstić information content (AvgIpc) is 3.29. The molecular formula is C27H33F2N7O2. The van der Waals surface area contributed by atoms with Crippen LogP contribution in [0.5, 0.6) is 0 Å². The monoisotopic (exact) mass is 525 g/mol. The van der Waals surface area contributed by atoms with Crippen LogP contribution in [0.2, 0.25) is 0 Å². The number of hydrogen-bond acceptors (Lipinski definition) is 7. The molecule has 0 saturated carbocycles. The van der Waals surface area contributed by atoms with Crippen LogP contribution in [0.4, 0.5) is 26.2 Å². The predicted molar refractivity (Wildman–Crippen MR) is 143 cm³/mol. The summed E-state index contributed by atoms with van der Waals surface area (Å²) in [7, 11) is 5.48. The number of aromatic nitrogens is 2. The molecule has 0 spiro atoms. The molecular weight excluding hydrogens is 492 g/mol. The third-order valence-electron chi connectivity index (χ3n) is 5.69. The van der Waals surface area contributed by atoms with Gasteiger partial charge in [0.2, 0.25) is 17.8 Å². The van der Waals surface area contributed by atoms with Gasteiger partial charge in [0.1, 0.15) is 23.8 Å². The van der Waals surface area contributed by atoms with Crippen molar-refractivity contribution in [3.8, 4) is 11.8 Å². The van der Waals surface area contributed by atoms with Crippen LogP contribution in [0.1, 0.15) is 24.8 Å². The van der Waals surface area contributed by atoms with Crippen molar-refractivity contribution in [1.82, 2.24) is 25.1 Å². The number of nitrogens with zero attached hydrogens (tertiary/aromatic N) is 4. The SMILES string of the molecule is CNc1nc(Nc2ccc(F)cc2)ncc1C#CCCCNC(=O)[C@@H]1C[C@H](F)CN1C(=O)C=CCN(C)C. The lowest BCUT2D eigenvalue weighted by molar-refractivity contribution is -0.135. The maximum absolute atomic E-state index is 14.0. The number of nitrogens with one attached hydrogen (secondary N) is 3. The van der Waals surface area contributed by atoms with Crippen molar-refractivity contribution < 1.29 is 18.4 Å². The lowest BCUT2D eigenvalue weighted by Crippen LogP contribution is -2.45. The third kappa shape index (κ3) is 8.52. The Morgan fingerprint density at radius 3 is 2.74 bits per heavy atom. The van der Waals surface area contributed by atoms with Crippen molar-refractivity contribution >= 4 is 29.3 Å². The molecule has 38 heavy (non-hydrogen) atoms. The topological polar surface area (TPSA) is 102 Å². The van der Waals surface area contributed by atoms with Gasteiger partial charge in [-0.25, -0.2) is 13.8 Å². The molecule has 2 atom stereocenters. The van der Waals surface area contributed by atoms with Crippen LogP contribution >= 0.6 is 0 Å². The molecule has 1 aromatic heterocycles. The summed E-state index contributed by atoms with van der Waals surface area (Å²) in [5, 5.41) is 8.78. The molecule has 0 radical (unpaired) electrons. The number of alkyl halides is 1. The molecule has 11 heteroatoms. The molecule has 1 saturated heterocycles.